The van der Waals surface area contributed by atoms with Gasteiger partial charge in [-0.25, -0.2) is 13.4 Å². The SMILES string of the molecule is CC1NCCO[C@H]1c1nc2c(c(C#N)nn2-c2cc[nH]n2)c2c1CCN2S(C)(=O)=O. The van der Waals surface area contributed by atoms with Gasteiger partial charge < -0.3 is 10.1 Å². The van der Waals surface area contributed by atoms with E-state index in [-0.39, 0.29) is 24.4 Å². The van der Waals surface area contributed by atoms with Crippen LogP contribution in [0.1, 0.15) is 30.0 Å². The summed E-state index contributed by atoms with van der Waals surface area (Å²) in [5.41, 5.74) is 2.41. The highest BCUT2D eigenvalue weighted by Crippen LogP contribution is 2.43. The summed E-state index contributed by atoms with van der Waals surface area (Å²) in [6.45, 7) is 3.56. The summed E-state index contributed by atoms with van der Waals surface area (Å²) in [5, 5.41) is 24.8. The minimum absolute atomic E-state index is 0.00252. The number of nitrogens with one attached hydrogen (secondary N) is 2. The molecule has 1 unspecified atom stereocenters. The Labute approximate surface area is 172 Å². The number of hydrogen-bond acceptors (Lipinski definition) is 8. The van der Waals surface area contributed by atoms with Gasteiger partial charge >= 0.3 is 0 Å². The number of nitrogens with zero attached hydrogens (tertiary/aromatic N) is 6. The molecule has 0 aliphatic carbocycles. The molecule has 12 heteroatoms. The number of fused-ring (bicyclic) bond motifs is 3. The zero-order chi connectivity index (χ0) is 21.0. The van der Waals surface area contributed by atoms with Gasteiger partial charge in [0.1, 0.15) is 12.2 Å². The second kappa shape index (κ2) is 6.76. The Balaban J connectivity index is 1.87. The number of morpholine rings is 1. The maximum Gasteiger partial charge on any atom is 0.232 e. The molecule has 2 aliphatic heterocycles. The van der Waals surface area contributed by atoms with Crippen LogP contribution in [0.2, 0.25) is 0 Å². The number of nitriles is 1. The quantitative estimate of drug-likeness (QED) is 0.610. The second-order valence-electron chi connectivity index (χ2n) is 7.45. The van der Waals surface area contributed by atoms with Crippen LogP contribution in [0.15, 0.2) is 12.3 Å². The van der Waals surface area contributed by atoms with Gasteiger partial charge in [-0.15, -0.1) is 0 Å². The predicted octanol–water partition coefficient (Wildman–Crippen LogP) is 0.387. The van der Waals surface area contributed by atoms with E-state index < -0.39 is 10.0 Å². The number of ether oxygens (including phenoxy) is 1. The van der Waals surface area contributed by atoms with E-state index in [9.17, 15) is 13.7 Å². The first-order chi connectivity index (χ1) is 14.4. The highest BCUT2D eigenvalue weighted by atomic mass is 32.2. The summed E-state index contributed by atoms with van der Waals surface area (Å²) in [7, 11) is -3.56. The zero-order valence-electron chi connectivity index (χ0n) is 16.5. The van der Waals surface area contributed by atoms with E-state index in [0.29, 0.717) is 41.3 Å². The van der Waals surface area contributed by atoms with E-state index in [0.717, 1.165) is 12.1 Å². The molecule has 5 heterocycles. The van der Waals surface area contributed by atoms with Crippen LogP contribution in [0.3, 0.4) is 0 Å². The molecular weight excluding hydrogens is 408 g/mol. The molecule has 2 aliphatic rings. The first-order valence-electron chi connectivity index (χ1n) is 9.58. The molecule has 0 spiro atoms. The first-order valence-corrected chi connectivity index (χ1v) is 11.4. The average molecular weight is 428 g/mol. The Morgan fingerprint density at radius 1 is 1.40 bits per heavy atom. The topological polar surface area (TPSA) is 142 Å². The number of pyridine rings is 1. The van der Waals surface area contributed by atoms with Gasteiger partial charge in [0.05, 0.1) is 29.6 Å². The number of aromatic nitrogens is 5. The van der Waals surface area contributed by atoms with Gasteiger partial charge in [0.15, 0.2) is 17.2 Å². The Hall–Kier alpha value is -3.01. The van der Waals surface area contributed by atoms with Crippen molar-refractivity contribution in [2.24, 2.45) is 0 Å². The third-order valence-electron chi connectivity index (χ3n) is 5.53. The van der Waals surface area contributed by atoms with Crippen molar-refractivity contribution in [2.75, 3.05) is 30.3 Å². The third kappa shape index (κ3) is 2.78. The molecule has 5 rings (SSSR count). The lowest BCUT2D eigenvalue weighted by Gasteiger charge is -2.31. The number of anilines is 1. The normalized spacial score (nSPS) is 21.7. The molecular formula is C18H20N8O3S. The third-order valence-corrected chi connectivity index (χ3v) is 6.70. The maximum absolute atomic E-state index is 12.6. The number of rotatable bonds is 3. The Bertz CT molecular complexity index is 1280. The Kier molecular flexibility index (Phi) is 4.28. The Morgan fingerprint density at radius 2 is 2.23 bits per heavy atom. The van der Waals surface area contributed by atoms with Crippen LogP contribution in [-0.2, 0) is 21.2 Å². The molecule has 156 valence electrons. The van der Waals surface area contributed by atoms with E-state index >= 15 is 0 Å². The summed E-state index contributed by atoms with van der Waals surface area (Å²) in [6, 6.07) is 3.79. The molecule has 1 saturated heterocycles. The van der Waals surface area contributed by atoms with Gasteiger partial charge in [0.25, 0.3) is 0 Å². The Morgan fingerprint density at radius 3 is 2.90 bits per heavy atom. The van der Waals surface area contributed by atoms with Crippen molar-refractivity contribution < 1.29 is 13.2 Å². The average Bonchev–Trinajstić information content (AvgIpc) is 3.44. The highest BCUT2D eigenvalue weighted by molar-refractivity contribution is 7.92. The van der Waals surface area contributed by atoms with Gasteiger partial charge in [-0.1, -0.05) is 0 Å². The van der Waals surface area contributed by atoms with Crippen molar-refractivity contribution in [1.82, 2.24) is 30.3 Å². The van der Waals surface area contributed by atoms with Crippen LogP contribution in [-0.4, -0.2) is 65.4 Å². The van der Waals surface area contributed by atoms with Crippen LogP contribution in [0.25, 0.3) is 16.9 Å². The van der Waals surface area contributed by atoms with Crippen molar-refractivity contribution >= 4 is 26.7 Å². The maximum atomic E-state index is 12.6. The summed E-state index contributed by atoms with van der Waals surface area (Å²) in [5.74, 6) is 0.458. The molecule has 1 fully saturated rings. The molecule has 0 radical (unpaired) electrons. The van der Waals surface area contributed by atoms with E-state index in [2.05, 4.69) is 26.7 Å². The number of aromatic amines is 1. The van der Waals surface area contributed by atoms with Gasteiger partial charge in [-0.3, -0.25) is 9.40 Å². The molecule has 0 bridgehead atoms. The summed E-state index contributed by atoms with van der Waals surface area (Å²) in [4.78, 5) is 4.87. The minimum atomic E-state index is -3.56. The lowest BCUT2D eigenvalue weighted by molar-refractivity contribution is -0.00308. The lowest BCUT2D eigenvalue weighted by atomic mass is 9.99. The molecule has 0 saturated carbocycles. The van der Waals surface area contributed by atoms with Crippen LogP contribution >= 0.6 is 0 Å². The second-order valence-corrected chi connectivity index (χ2v) is 9.35. The van der Waals surface area contributed by atoms with Gasteiger partial charge in [0.2, 0.25) is 10.0 Å². The van der Waals surface area contributed by atoms with Crippen molar-refractivity contribution in [3.63, 3.8) is 0 Å². The summed E-state index contributed by atoms with van der Waals surface area (Å²) < 4.78 is 34.0. The number of hydrogen-bond donors (Lipinski definition) is 2. The predicted molar refractivity (Wildman–Crippen MR) is 108 cm³/mol. The van der Waals surface area contributed by atoms with E-state index in [1.165, 1.54) is 15.2 Å². The van der Waals surface area contributed by atoms with Gasteiger partial charge in [0, 0.05) is 37.0 Å². The fourth-order valence-corrected chi connectivity index (χ4v) is 5.20. The summed E-state index contributed by atoms with van der Waals surface area (Å²) >= 11 is 0. The fourth-order valence-electron chi connectivity index (χ4n) is 4.25. The molecule has 0 amide bonds. The van der Waals surface area contributed by atoms with Crippen molar-refractivity contribution in [1.29, 1.82) is 5.26 Å². The standard InChI is InChI=1S/C18H20N8O3S/c1-10-17(29-8-6-20-10)15-11-4-7-25(30(2,27)28)16(11)14-12(9-19)24-26(18(14)22-15)13-3-5-21-23-13/h3,5,10,17,20H,4,6-8H2,1-2H3,(H,21,23)/t10?,17-/m1/s1. The van der Waals surface area contributed by atoms with Gasteiger partial charge in [-0.2, -0.15) is 20.1 Å². The fraction of sp³-hybridized carbons (Fsp3) is 0.444. The van der Waals surface area contributed by atoms with Crippen molar-refractivity contribution in [3.05, 3.63) is 29.2 Å². The molecule has 2 N–H and O–H groups in total. The largest absolute Gasteiger partial charge is 0.369 e. The van der Waals surface area contributed by atoms with Crippen LogP contribution < -0.4 is 9.62 Å². The van der Waals surface area contributed by atoms with Crippen molar-refractivity contribution in [3.8, 4) is 11.9 Å². The minimum Gasteiger partial charge on any atom is -0.369 e. The molecule has 11 nitrogen and oxygen atoms in total. The van der Waals surface area contributed by atoms with E-state index in [1.54, 1.807) is 12.3 Å². The van der Waals surface area contributed by atoms with Gasteiger partial charge in [-0.05, 0) is 13.3 Å². The first kappa shape index (κ1) is 19.0. The van der Waals surface area contributed by atoms with Crippen LogP contribution in [0.5, 0.6) is 0 Å². The molecule has 30 heavy (non-hydrogen) atoms. The lowest BCUT2D eigenvalue weighted by Crippen LogP contribution is -2.42. The molecule has 0 aromatic carbocycles. The highest BCUT2D eigenvalue weighted by Gasteiger charge is 2.38. The van der Waals surface area contributed by atoms with E-state index in [1.807, 2.05) is 6.92 Å². The smallest absolute Gasteiger partial charge is 0.232 e. The number of sulfonamides is 1. The molecule has 3 aromatic heterocycles. The van der Waals surface area contributed by atoms with Crippen molar-refractivity contribution in [2.45, 2.75) is 25.5 Å². The molecule has 3 aromatic rings. The molecule has 2 atom stereocenters. The van der Waals surface area contributed by atoms with E-state index in [4.69, 9.17) is 9.72 Å². The summed E-state index contributed by atoms with van der Waals surface area (Å²) in [6.07, 6.45) is 2.96. The van der Waals surface area contributed by atoms with Crippen LogP contribution in [0, 0.1) is 11.3 Å². The van der Waals surface area contributed by atoms with Crippen LogP contribution in [0.4, 0.5) is 5.69 Å². The monoisotopic (exact) mass is 428 g/mol. The zero-order valence-corrected chi connectivity index (χ0v) is 17.3. The number of H-pyrrole nitrogens is 1.